The Bertz CT molecular complexity index is 796. The van der Waals surface area contributed by atoms with E-state index in [-0.39, 0.29) is 5.91 Å². The predicted molar refractivity (Wildman–Crippen MR) is 92.6 cm³/mol. The van der Waals surface area contributed by atoms with Crippen LogP contribution >= 0.6 is 0 Å². The van der Waals surface area contributed by atoms with E-state index in [9.17, 15) is 4.79 Å². The van der Waals surface area contributed by atoms with Crippen LogP contribution in [-0.2, 0) is 6.42 Å². The third-order valence-electron chi connectivity index (χ3n) is 3.77. The summed E-state index contributed by atoms with van der Waals surface area (Å²) in [7, 11) is 1.65. The van der Waals surface area contributed by atoms with E-state index in [1.54, 1.807) is 30.1 Å². The molecule has 1 amide bonds. The lowest BCUT2D eigenvalue weighted by atomic mass is 10.1. The van der Waals surface area contributed by atoms with E-state index in [1.807, 2.05) is 48.7 Å². The maximum Gasteiger partial charge on any atom is 0.251 e. The van der Waals surface area contributed by atoms with Crippen molar-refractivity contribution in [2.45, 2.75) is 6.42 Å². The highest BCUT2D eigenvalue weighted by Crippen LogP contribution is 2.17. The number of aromatic nitrogens is 2. The van der Waals surface area contributed by atoms with Crippen molar-refractivity contribution < 1.29 is 9.53 Å². The average molecular weight is 321 g/mol. The first kappa shape index (κ1) is 15.8. The van der Waals surface area contributed by atoms with Gasteiger partial charge >= 0.3 is 0 Å². The molecule has 122 valence electrons. The summed E-state index contributed by atoms with van der Waals surface area (Å²) >= 11 is 0. The molecule has 0 aliphatic heterocycles. The van der Waals surface area contributed by atoms with Crippen LogP contribution in [0.25, 0.3) is 5.69 Å². The van der Waals surface area contributed by atoms with Crippen LogP contribution < -0.4 is 10.1 Å². The first-order valence-electron chi connectivity index (χ1n) is 7.78. The summed E-state index contributed by atoms with van der Waals surface area (Å²) in [5, 5.41) is 7.10. The minimum absolute atomic E-state index is 0.0862. The van der Waals surface area contributed by atoms with Gasteiger partial charge in [0.1, 0.15) is 5.75 Å². The second-order valence-electron chi connectivity index (χ2n) is 5.32. The molecule has 5 heteroatoms. The molecule has 3 aromatic rings. The number of methoxy groups -OCH3 is 1. The van der Waals surface area contributed by atoms with Crippen molar-refractivity contribution in [3.63, 3.8) is 0 Å². The van der Waals surface area contributed by atoms with Gasteiger partial charge < -0.3 is 10.1 Å². The molecule has 0 saturated heterocycles. The van der Waals surface area contributed by atoms with Crippen molar-refractivity contribution in [3.05, 3.63) is 78.1 Å². The number of para-hydroxylation sites is 1. The van der Waals surface area contributed by atoms with Crippen LogP contribution in [0.15, 0.2) is 67.0 Å². The Balaban J connectivity index is 1.57. The molecule has 5 nitrogen and oxygen atoms in total. The van der Waals surface area contributed by atoms with E-state index in [2.05, 4.69) is 10.4 Å². The van der Waals surface area contributed by atoms with Crippen LogP contribution in [0.5, 0.6) is 5.75 Å². The highest BCUT2D eigenvalue weighted by atomic mass is 16.5. The van der Waals surface area contributed by atoms with Crippen LogP contribution in [0.1, 0.15) is 15.9 Å². The summed E-state index contributed by atoms with van der Waals surface area (Å²) in [6, 6.07) is 17.0. The first-order valence-corrected chi connectivity index (χ1v) is 7.78. The number of carbonyl (C=O) groups excluding carboxylic acids is 1. The number of benzene rings is 2. The van der Waals surface area contributed by atoms with Crippen molar-refractivity contribution in [2.24, 2.45) is 0 Å². The average Bonchev–Trinajstić information content (AvgIpc) is 3.17. The van der Waals surface area contributed by atoms with Crippen LogP contribution in [0.2, 0.25) is 0 Å². The second-order valence-corrected chi connectivity index (χ2v) is 5.32. The summed E-state index contributed by atoms with van der Waals surface area (Å²) in [6.07, 6.45) is 4.31. The normalized spacial score (nSPS) is 10.4. The monoisotopic (exact) mass is 321 g/mol. The molecule has 1 N–H and O–H groups in total. The lowest BCUT2D eigenvalue weighted by Crippen LogP contribution is -2.25. The van der Waals surface area contributed by atoms with Gasteiger partial charge in [0.2, 0.25) is 0 Å². The summed E-state index contributed by atoms with van der Waals surface area (Å²) in [4.78, 5) is 12.2. The highest BCUT2D eigenvalue weighted by molar-refractivity contribution is 5.94. The Morgan fingerprint density at radius 1 is 1.12 bits per heavy atom. The van der Waals surface area contributed by atoms with Gasteiger partial charge in [-0.05, 0) is 48.4 Å². The van der Waals surface area contributed by atoms with Crippen molar-refractivity contribution in [1.82, 2.24) is 15.1 Å². The molecular formula is C19H19N3O2. The quantitative estimate of drug-likeness (QED) is 0.759. The fourth-order valence-electron chi connectivity index (χ4n) is 2.51. The zero-order valence-electron chi connectivity index (χ0n) is 13.5. The number of hydrogen-bond donors (Lipinski definition) is 1. The number of rotatable bonds is 6. The van der Waals surface area contributed by atoms with Crippen molar-refractivity contribution >= 4 is 5.91 Å². The van der Waals surface area contributed by atoms with E-state index >= 15 is 0 Å². The number of nitrogens with zero attached hydrogens (tertiary/aromatic N) is 2. The molecule has 0 spiro atoms. The van der Waals surface area contributed by atoms with Crippen LogP contribution in [0.3, 0.4) is 0 Å². The molecule has 0 aliphatic carbocycles. The minimum Gasteiger partial charge on any atom is -0.496 e. The van der Waals surface area contributed by atoms with Crippen LogP contribution in [-0.4, -0.2) is 29.3 Å². The third kappa shape index (κ3) is 3.63. The Morgan fingerprint density at radius 2 is 1.92 bits per heavy atom. The number of carbonyl (C=O) groups is 1. The van der Waals surface area contributed by atoms with Gasteiger partial charge in [0.05, 0.1) is 12.8 Å². The van der Waals surface area contributed by atoms with Crippen molar-refractivity contribution in [3.8, 4) is 11.4 Å². The molecule has 0 saturated carbocycles. The minimum atomic E-state index is -0.0862. The van der Waals surface area contributed by atoms with Gasteiger partial charge in [-0.15, -0.1) is 0 Å². The topological polar surface area (TPSA) is 56.1 Å². The molecule has 3 rings (SSSR count). The summed E-state index contributed by atoms with van der Waals surface area (Å²) in [5.41, 5.74) is 2.63. The van der Waals surface area contributed by atoms with Gasteiger partial charge in [-0.1, -0.05) is 18.2 Å². The van der Waals surface area contributed by atoms with E-state index in [1.165, 1.54) is 0 Å². The molecule has 0 atom stereocenters. The van der Waals surface area contributed by atoms with Gasteiger partial charge in [-0.3, -0.25) is 4.79 Å². The Hall–Kier alpha value is -3.08. The van der Waals surface area contributed by atoms with Crippen LogP contribution in [0, 0.1) is 0 Å². The van der Waals surface area contributed by atoms with Gasteiger partial charge in [-0.2, -0.15) is 5.10 Å². The van der Waals surface area contributed by atoms with E-state index < -0.39 is 0 Å². The zero-order valence-corrected chi connectivity index (χ0v) is 13.5. The van der Waals surface area contributed by atoms with Crippen molar-refractivity contribution in [2.75, 3.05) is 13.7 Å². The van der Waals surface area contributed by atoms with Crippen molar-refractivity contribution in [1.29, 1.82) is 0 Å². The summed E-state index contributed by atoms with van der Waals surface area (Å²) in [6.45, 7) is 0.556. The molecule has 24 heavy (non-hydrogen) atoms. The maximum atomic E-state index is 12.2. The molecule has 0 unspecified atom stereocenters. The molecule has 2 aromatic carbocycles. The van der Waals surface area contributed by atoms with Gasteiger partial charge in [0, 0.05) is 24.5 Å². The number of nitrogens with one attached hydrogen (secondary N) is 1. The fourth-order valence-corrected chi connectivity index (χ4v) is 2.51. The number of amides is 1. The lowest BCUT2D eigenvalue weighted by molar-refractivity contribution is 0.0954. The summed E-state index contributed by atoms with van der Waals surface area (Å²) in [5.74, 6) is 0.757. The molecule has 0 bridgehead atoms. The number of hydrogen-bond acceptors (Lipinski definition) is 3. The third-order valence-corrected chi connectivity index (χ3v) is 3.77. The predicted octanol–water partition coefficient (Wildman–Crippen LogP) is 2.85. The highest BCUT2D eigenvalue weighted by Gasteiger charge is 2.07. The molecule has 0 fully saturated rings. The second kappa shape index (κ2) is 7.46. The maximum absolute atomic E-state index is 12.2. The van der Waals surface area contributed by atoms with E-state index in [0.717, 1.165) is 23.4 Å². The van der Waals surface area contributed by atoms with E-state index in [4.69, 9.17) is 4.74 Å². The summed E-state index contributed by atoms with van der Waals surface area (Å²) < 4.78 is 7.07. The lowest BCUT2D eigenvalue weighted by Gasteiger charge is -2.09. The standard InChI is InChI=1S/C19H19N3O2/c1-24-18-6-3-2-5-15(18)11-13-20-19(23)16-7-9-17(10-8-16)22-14-4-12-21-22/h2-10,12,14H,11,13H2,1H3,(H,20,23). The molecule has 1 aromatic heterocycles. The van der Waals surface area contributed by atoms with Crippen LogP contribution in [0.4, 0.5) is 0 Å². The Morgan fingerprint density at radius 3 is 2.62 bits per heavy atom. The number of ether oxygens (including phenoxy) is 1. The molecular weight excluding hydrogens is 302 g/mol. The van der Waals surface area contributed by atoms with Gasteiger partial charge in [-0.25, -0.2) is 4.68 Å². The molecule has 1 heterocycles. The first-order chi connectivity index (χ1) is 11.8. The fraction of sp³-hybridized carbons (Fsp3) is 0.158. The molecule has 0 radical (unpaired) electrons. The van der Waals surface area contributed by atoms with Gasteiger partial charge in [0.25, 0.3) is 5.91 Å². The largest absolute Gasteiger partial charge is 0.496 e. The van der Waals surface area contributed by atoms with Gasteiger partial charge in [0.15, 0.2) is 0 Å². The smallest absolute Gasteiger partial charge is 0.251 e. The van der Waals surface area contributed by atoms with E-state index in [0.29, 0.717) is 12.1 Å². The molecule has 0 aliphatic rings. The zero-order chi connectivity index (χ0) is 16.8. The SMILES string of the molecule is COc1ccccc1CCNC(=O)c1ccc(-n2cccn2)cc1. The Labute approximate surface area is 140 Å². The Kier molecular flexibility index (Phi) is 4.91.